The van der Waals surface area contributed by atoms with Crippen LogP contribution in [0, 0.1) is 44.8 Å². The summed E-state index contributed by atoms with van der Waals surface area (Å²) < 4.78 is 21.3. The minimum absolute atomic E-state index is 0.0131. The van der Waals surface area contributed by atoms with E-state index >= 15 is 0 Å². The Balaban J connectivity index is -0.000000697. The van der Waals surface area contributed by atoms with Crippen LogP contribution in [0.3, 0.4) is 0 Å². The molecular formula is C42H79NO8. The molecule has 0 rings (SSSR count). The minimum atomic E-state index is -0.433. The standard InChI is InChI=1S/C16H31NO4.C14H28O3.C12H20O/c1-15(2,3)7-9-20-10-8-17-14(19)12-21-11-13(18)16(4,5)6;1-13(2,3)7-8-16-9-10-17-11-12(15)14(4,5)6;1-10(2)11(13)8-6-7-9-12(3,4)5/h7-12H2,1-6H3,(H,17,19);7-11H2,1-6H3;10H,8-9H2,1-5H3. The first-order valence-corrected chi connectivity index (χ1v) is 18.6. The zero-order chi connectivity index (χ0) is 40.5. The van der Waals surface area contributed by atoms with E-state index in [-0.39, 0.29) is 65.2 Å². The topological polar surface area (TPSA) is 117 Å². The molecule has 9 heteroatoms. The molecule has 9 nitrogen and oxygen atoms in total. The molecule has 0 radical (unpaired) electrons. The molecule has 0 aliphatic heterocycles. The van der Waals surface area contributed by atoms with Crippen molar-refractivity contribution in [2.75, 3.05) is 59.4 Å². The lowest BCUT2D eigenvalue weighted by molar-refractivity contribution is -0.134. The van der Waals surface area contributed by atoms with Gasteiger partial charge >= 0.3 is 0 Å². The van der Waals surface area contributed by atoms with Crippen LogP contribution in [-0.2, 0) is 38.1 Å². The molecule has 0 fully saturated rings. The number of hydrogen-bond acceptors (Lipinski definition) is 8. The molecule has 0 heterocycles. The largest absolute Gasteiger partial charge is 0.380 e. The third kappa shape index (κ3) is 42.2. The molecule has 0 aromatic rings. The van der Waals surface area contributed by atoms with E-state index in [1.165, 1.54) is 0 Å². The van der Waals surface area contributed by atoms with Gasteiger partial charge in [0.25, 0.3) is 0 Å². The summed E-state index contributed by atoms with van der Waals surface area (Å²) in [6, 6.07) is 0. The molecule has 0 saturated heterocycles. The van der Waals surface area contributed by atoms with Crippen molar-refractivity contribution in [2.45, 2.75) is 143 Å². The maximum Gasteiger partial charge on any atom is 0.246 e. The Hall–Kier alpha value is -2.12. The summed E-state index contributed by atoms with van der Waals surface area (Å²) in [4.78, 5) is 45.7. The molecule has 0 atom stereocenters. The summed E-state index contributed by atoms with van der Waals surface area (Å²) in [5.41, 5.74) is 0.0675. The molecule has 0 unspecified atom stereocenters. The third-order valence-electron chi connectivity index (χ3n) is 6.96. The van der Waals surface area contributed by atoms with Crippen molar-refractivity contribution in [1.82, 2.24) is 5.32 Å². The second-order valence-corrected chi connectivity index (χ2v) is 19.0. The van der Waals surface area contributed by atoms with Crippen molar-refractivity contribution >= 4 is 23.3 Å². The Morgan fingerprint density at radius 2 is 0.961 bits per heavy atom. The lowest BCUT2D eigenvalue weighted by Gasteiger charge is -2.18. The van der Waals surface area contributed by atoms with Crippen molar-refractivity contribution < 1.29 is 38.1 Å². The fraction of sp³-hybridized carbons (Fsp3) is 0.857. The molecule has 0 saturated carbocycles. The van der Waals surface area contributed by atoms with Crippen molar-refractivity contribution in [3.05, 3.63) is 0 Å². The summed E-state index contributed by atoms with van der Waals surface area (Å²) >= 11 is 0. The second-order valence-electron chi connectivity index (χ2n) is 19.0. The molecule has 0 aromatic carbocycles. The maximum atomic E-state index is 11.6. The van der Waals surface area contributed by atoms with Crippen LogP contribution in [0.4, 0.5) is 0 Å². The highest BCUT2D eigenvalue weighted by molar-refractivity contribution is 5.85. The quantitative estimate of drug-likeness (QED) is 0.111. The van der Waals surface area contributed by atoms with Gasteiger partial charge in [0.15, 0.2) is 11.6 Å². The Bertz CT molecular complexity index is 1030. The van der Waals surface area contributed by atoms with Gasteiger partial charge in [0.05, 0.1) is 26.2 Å². The van der Waals surface area contributed by atoms with Gasteiger partial charge in [-0.3, -0.25) is 19.2 Å². The zero-order valence-electron chi connectivity index (χ0n) is 36.0. The van der Waals surface area contributed by atoms with Gasteiger partial charge in [0, 0.05) is 42.9 Å². The van der Waals surface area contributed by atoms with Crippen LogP contribution in [0.15, 0.2) is 0 Å². The van der Waals surface area contributed by atoms with Gasteiger partial charge in [-0.25, -0.2) is 0 Å². The van der Waals surface area contributed by atoms with Gasteiger partial charge in [0.2, 0.25) is 5.91 Å². The Morgan fingerprint density at radius 1 is 0.529 bits per heavy atom. The zero-order valence-corrected chi connectivity index (χ0v) is 36.0. The van der Waals surface area contributed by atoms with E-state index in [4.69, 9.17) is 18.9 Å². The van der Waals surface area contributed by atoms with Crippen LogP contribution in [0.1, 0.15) is 143 Å². The fourth-order valence-electron chi connectivity index (χ4n) is 2.91. The summed E-state index contributed by atoms with van der Waals surface area (Å²) in [7, 11) is 0. The van der Waals surface area contributed by atoms with Crippen LogP contribution in [0.5, 0.6) is 0 Å². The minimum Gasteiger partial charge on any atom is -0.380 e. The van der Waals surface area contributed by atoms with Crippen molar-refractivity contribution in [3.8, 4) is 11.8 Å². The van der Waals surface area contributed by atoms with E-state index < -0.39 is 5.41 Å². The van der Waals surface area contributed by atoms with E-state index in [1.54, 1.807) is 0 Å². The lowest BCUT2D eigenvalue weighted by Crippen LogP contribution is -2.33. The molecule has 0 aliphatic carbocycles. The van der Waals surface area contributed by atoms with E-state index in [9.17, 15) is 19.2 Å². The molecule has 300 valence electrons. The average Bonchev–Trinajstić information content (AvgIpc) is 2.94. The molecule has 0 aromatic heterocycles. The molecule has 1 amide bonds. The monoisotopic (exact) mass is 726 g/mol. The highest BCUT2D eigenvalue weighted by Crippen LogP contribution is 2.19. The van der Waals surface area contributed by atoms with Gasteiger partial charge in [-0.15, -0.1) is 5.92 Å². The number of ketones is 3. The molecule has 1 N–H and O–H groups in total. The highest BCUT2D eigenvalue weighted by Gasteiger charge is 2.22. The highest BCUT2D eigenvalue weighted by atomic mass is 16.5. The van der Waals surface area contributed by atoms with Gasteiger partial charge in [-0.05, 0) is 29.1 Å². The molecule has 0 bridgehead atoms. The van der Waals surface area contributed by atoms with Crippen LogP contribution < -0.4 is 5.32 Å². The number of carbonyl (C=O) groups is 4. The fourth-order valence-corrected chi connectivity index (χ4v) is 2.91. The number of Topliss-reactive ketones (excluding diaryl/α,β-unsaturated/α-hetero) is 3. The van der Waals surface area contributed by atoms with Gasteiger partial charge in [-0.1, -0.05) is 124 Å². The molecule has 0 spiro atoms. The molecular weight excluding hydrogens is 646 g/mol. The number of carbonyl (C=O) groups excluding carboxylic acids is 4. The number of ether oxygens (including phenoxy) is 4. The first-order valence-electron chi connectivity index (χ1n) is 18.6. The summed E-state index contributed by atoms with van der Waals surface area (Å²) in [5, 5.41) is 2.69. The average molecular weight is 726 g/mol. The van der Waals surface area contributed by atoms with Crippen molar-refractivity contribution in [2.24, 2.45) is 33.0 Å². The molecule has 0 aliphatic rings. The summed E-state index contributed by atoms with van der Waals surface area (Å²) in [6.45, 7) is 38.0. The van der Waals surface area contributed by atoms with E-state index in [0.717, 1.165) is 25.9 Å². The summed E-state index contributed by atoms with van der Waals surface area (Å²) in [5.74, 6) is 6.21. The molecule has 51 heavy (non-hydrogen) atoms. The van der Waals surface area contributed by atoms with Gasteiger partial charge < -0.3 is 24.3 Å². The second kappa shape index (κ2) is 26.6. The van der Waals surface area contributed by atoms with Gasteiger partial charge in [-0.2, -0.15) is 0 Å². The van der Waals surface area contributed by atoms with Crippen LogP contribution in [0.25, 0.3) is 0 Å². The number of amides is 1. The third-order valence-corrected chi connectivity index (χ3v) is 6.96. The number of hydrogen-bond donors (Lipinski definition) is 1. The normalized spacial score (nSPS) is 12.1. The van der Waals surface area contributed by atoms with Crippen molar-refractivity contribution in [3.63, 3.8) is 0 Å². The van der Waals surface area contributed by atoms with Crippen molar-refractivity contribution in [1.29, 1.82) is 0 Å². The SMILES string of the molecule is CC(C)(C)CCOCCNC(=O)COCC(=O)C(C)(C)C.CC(C)(C)CCOCCOCC(=O)C(C)(C)C.CC(C)C(=O)CC#CCC(C)(C)C. The van der Waals surface area contributed by atoms with E-state index in [2.05, 4.69) is 79.5 Å². The smallest absolute Gasteiger partial charge is 0.246 e. The number of rotatable bonds is 18. The predicted octanol–water partition coefficient (Wildman–Crippen LogP) is 8.30. The Morgan fingerprint density at radius 3 is 1.37 bits per heavy atom. The maximum absolute atomic E-state index is 11.6. The van der Waals surface area contributed by atoms with Crippen LogP contribution in [-0.4, -0.2) is 82.7 Å². The van der Waals surface area contributed by atoms with E-state index in [0.29, 0.717) is 44.8 Å². The Labute approximate surface area is 313 Å². The first-order chi connectivity index (χ1) is 23.0. The lowest BCUT2D eigenvalue weighted by atomic mass is 9.91. The van der Waals surface area contributed by atoms with Gasteiger partial charge in [0.1, 0.15) is 25.6 Å². The summed E-state index contributed by atoms with van der Waals surface area (Å²) in [6.07, 6.45) is 3.29. The first kappa shape index (κ1) is 53.2. The number of nitrogens with one attached hydrogen (secondary N) is 1. The van der Waals surface area contributed by atoms with Crippen LogP contribution in [0.2, 0.25) is 0 Å². The Kier molecular flexibility index (Phi) is 27.8. The van der Waals surface area contributed by atoms with Crippen LogP contribution >= 0.6 is 0 Å². The van der Waals surface area contributed by atoms with E-state index in [1.807, 2.05) is 55.4 Å². The predicted molar refractivity (Wildman–Crippen MR) is 210 cm³/mol.